The Morgan fingerprint density at radius 2 is 1.82 bits per heavy atom. The quantitative estimate of drug-likeness (QED) is 0.174. The lowest BCUT2D eigenvalue weighted by atomic mass is 9.70. The minimum absolute atomic E-state index is 0.125. The van der Waals surface area contributed by atoms with Crippen LogP contribution in [0.2, 0.25) is 0 Å². The number of aliphatic hydroxyl groups is 1. The zero-order chi connectivity index (χ0) is 35.4. The summed E-state index contributed by atoms with van der Waals surface area (Å²) < 4.78 is 12.9. The molecule has 0 saturated carbocycles. The van der Waals surface area contributed by atoms with Crippen molar-refractivity contribution in [2.45, 2.75) is 68.9 Å². The molecule has 2 bridgehead atoms. The third kappa shape index (κ3) is 6.45. The van der Waals surface area contributed by atoms with Crippen LogP contribution >= 0.6 is 0 Å². The first kappa shape index (κ1) is 35.0. The Morgan fingerprint density at radius 3 is 2.54 bits per heavy atom. The van der Waals surface area contributed by atoms with Gasteiger partial charge in [-0.3, -0.25) is 19.2 Å². The monoisotopic (exact) mass is 679 g/mol. The number of allylic oxidation sites excluding steroid dienone is 1. The van der Waals surface area contributed by atoms with Crippen LogP contribution in [0, 0.1) is 11.8 Å². The van der Waals surface area contributed by atoms with Crippen LogP contribution in [-0.4, -0.2) is 77.2 Å². The minimum atomic E-state index is -1.25. The molecular weight excluding hydrogens is 634 g/mol. The van der Waals surface area contributed by atoms with Crippen LogP contribution in [0.4, 0.5) is 5.69 Å². The van der Waals surface area contributed by atoms with Crippen molar-refractivity contribution >= 4 is 40.2 Å². The van der Waals surface area contributed by atoms with E-state index in [2.05, 4.69) is 18.5 Å². The Kier molecular flexibility index (Phi) is 10.5. The van der Waals surface area contributed by atoms with Gasteiger partial charge in [0, 0.05) is 31.8 Å². The molecule has 1 spiro atoms. The molecule has 0 unspecified atom stereocenters. The number of carbonyl (C=O) groups excluding carboxylic acids is 4. The number of amides is 3. The first-order chi connectivity index (χ1) is 24.2. The first-order valence-electron chi connectivity index (χ1n) is 17.4. The molecule has 3 fully saturated rings. The maximum atomic E-state index is 14.8. The number of hydrogen-bond acceptors (Lipinski definition) is 7. The van der Waals surface area contributed by atoms with Crippen molar-refractivity contribution in [1.82, 2.24) is 10.2 Å². The van der Waals surface area contributed by atoms with E-state index in [1.807, 2.05) is 72.8 Å². The van der Waals surface area contributed by atoms with E-state index in [4.69, 9.17) is 9.47 Å². The molecule has 10 heteroatoms. The molecule has 0 aliphatic carbocycles. The van der Waals surface area contributed by atoms with E-state index in [1.165, 1.54) is 4.90 Å². The molecule has 0 aromatic heterocycles. The molecule has 10 nitrogen and oxygen atoms in total. The van der Waals surface area contributed by atoms with Crippen molar-refractivity contribution in [1.29, 1.82) is 0 Å². The first-order valence-corrected chi connectivity index (χ1v) is 17.4. The van der Waals surface area contributed by atoms with Gasteiger partial charge in [-0.15, -0.1) is 13.2 Å². The second kappa shape index (κ2) is 15.0. The van der Waals surface area contributed by atoms with Gasteiger partial charge in [0.2, 0.25) is 11.8 Å². The van der Waals surface area contributed by atoms with Crippen LogP contribution in [0.1, 0.15) is 50.7 Å². The summed E-state index contributed by atoms with van der Waals surface area (Å²) >= 11 is 0. The minimum Gasteiger partial charge on any atom is -0.455 e. The Balaban J connectivity index is 1.32. The molecule has 2 N–H and O–H groups in total. The molecule has 3 aromatic rings. The fourth-order valence-electron chi connectivity index (χ4n) is 8.07. The lowest BCUT2D eigenvalue weighted by Gasteiger charge is -2.37. The zero-order valence-corrected chi connectivity index (χ0v) is 28.4. The van der Waals surface area contributed by atoms with Gasteiger partial charge in [0.15, 0.2) is 0 Å². The van der Waals surface area contributed by atoms with Crippen molar-refractivity contribution in [3.8, 4) is 0 Å². The van der Waals surface area contributed by atoms with Gasteiger partial charge in [0.25, 0.3) is 5.91 Å². The van der Waals surface area contributed by atoms with Gasteiger partial charge in [-0.1, -0.05) is 72.8 Å². The molecule has 50 heavy (non-hydrogen) atoms. The molecule has 262 valence electrons. The van der Waals surface area contributed by atoms with E-state index in [-0.39, 0.29) is 50.3 Å². The highest BCUT2D eigenvalue weighted by molar-refractivity contribution is 6.05. The number of aliphatic hydroxyl groups excluding tert-OH is 1. The highest BCUT2D eigenvalue weighted by atomic mass is 16.6. The third-order valence-electron chi connectivity index (χ3n) is 10.3. The Labute approximate surface area is 292 Å². The van der Waals surface area contributed by atoms with Crippen molar-refractivity contribution < 1.29 is 33.8 Å². The number of hydrogen-bond donors (Lipinski definition) is 2. The van der Waals surface area contributed by atoms with Crippen molar-refractivity contribution in [3.05, 3.63) is 104 Å². The number of benzene rings is 3. The molecule has 3 saturated heterocycles. The highest BCUT2D eigenvalue weighted by Crippen LogP contribution is 2.59. The van der Waals surface area contributed by atoms with E-state index < -0.39 is 47.7 Å². The van der Waals surface area contributed by atoms with Crippen molar-refractivity contribution in [2.75, 3.05) is 24.6 Å². The van der Waals surface area contributed by atoms with E-state index in [1.54, 1.807) is 24.0 Å². The highest BCUT2D eigenvalue weighted by Gasteiger charge is 2.75. The lowest BCUT2D eigenvalue weighted by molar-refractivity contribution is -0.162. The van der Waals surface area contributed by atoms with E-state index >= 15 is 0 Å². The second-order valence-electron chi connectivity index (χ2n) is 13.4. The fraction of sp³-hybridized carbons (Fsp3) is 0.400. The number of nitrogens with one attached hydrogen (secondary N) is 1. The summed E-state index contributed by atoms with van der Waals surface area (Å²) in [4.78, 5) is 59.3. The van der Waals surface area contributed by atoms with Gasteiger partial charge in [0.05, 0.1) is 24.0 Å². The summed E-state index contributed by atoms with van der Waals surface area (Å²) in [6.45, 7) is 9.50. The van der Waals surface area contributed by atoms with Crippen molar-refractivity contribution in [3.63, 3.8) is 0 Å². The molecule has 3 aliphatic rings. The average molecular weight is 680 g/mol. The predicted octanol–water partition coefficient (Wildman–Crippen LogP) is 4.87. The number of anilines is 1. The number of fused-ring (bicyclic) bond motifs is 2. The zero-order valence-electron chi connectivity index (χ0n) is 28.4. The molecule has 3 heterocycles. The molecule has 0 radical (unpaired) electrons. The van der Waals surface area contributed by atoms with Gasteiger partial charge >= 0.3 is 5.97 Å². The SMILES string of the molecule is C=CCCC(=O)N[C@@H](C)[C@H](OC(=O)[C@@H]1[C@@H]2CC[C@]3(O2)[C@H](C(=O)N(CC=C)c2ccc4ccccc4c2)N(CCCO)C(=O)[C@@H]13)c1ccccc1. The number of carbonyl (C=O) groups is 4. The number of ether oxygens (including phenoxy) is 2. The van der Waals surface area contributed by atoms with E-state index in [0.717, 1.165) is 10.8 Å². The largest absolute Gasteiger partial charge is 0.455 e. The number of nitrogens with zero attached hydrogens (tertiary/aromatic N) is 2. The third-order valence-corrected chi connectivity index (χ3v) is 10.3. The molecule has 3 amide bonds. The molecule has 6 rings (SSSR count). The van der Waals surface area contributed by atoms with Gasteiger partial charge < -0.3 is 29.7 Å². The Hall–Kier alpha value is -4.80. The maximum Gasteiger partial charge on any atom is 0.313 e. The molecule has 7 atom stereocenters. The van der Waals surface area contributed by atoms with E-state index in [9.17, 15) is 24.3 Å². The van der Waals surface area contributed by atoms with Gasteiger partial charge in [-0.25, -0.2) is 0 Å². The van der Waals surface area contributed by atoms with Crippen molar-refractivity contribution in [2.24, 2.45) is 11.8 Å². The van der Waals surface area contributed by atoms with Crippen LogP contribution in [0.25, 0.3) is 10.8 Å². The second-order valence-corrected chi connectivity index (χ2v) is 13.4. The summed E-state index contributed by atoms with van der Waals surface area (Å²) in [5, 5.41) is 14.7. The Bertz CT molecular complexity index is 1760. The van der Waals surface area contributed by atoms with Gasteiger partial charge in [-0.2, -0.15) is 0 Å². The number of esters is 1. The average Bonchev–Trinajstić information content (AvgIpc) is 3.78. The predicted molar refractivity (Wildman–Crippen MR) is 190 cm³/mol. The van der Waals surface area contributed by atoms with Crippen LogP contribution in [0.5, 0.6) is 0 Å². The summed E-state index contributed by atoms with van der Waals surface area (Å²) in [5.41, 5.74) is 0.101. The summed E-state index contributed by atoms with van der Waals surface area (Å²) in [7, 11) is 0. The normalized spacial score (nSPS) is 24.8. The summed E-state index contributed by atoms with van der Waals surface area (Å²) in [6.07, 6.45) is 3.78. The van der Waals surface area contributed by atoms with Crippen LogP contribution in [0.15, 0.2) is 98.1 Å². The smallest absolute Gasteiger partial charge is 0.313 e. The fourth-order valence-corrected chi connectivity index (χ4v) is 8.07. The summed E-state index contributed by atoms with van der Waals surface area (Å²) in [6, 6.07) is 21.2. The standard InChI is InChI=1S/C40H45N3O7/c1-4-6-17-32(45)41-26(3)35(28-14-8-7-9-15-28)49-39(48)33-31-20-21-40(50-31)34(33)37(46)43(23-12-24-44)36(40)38(47)42(22-5-2)30-19-18-27-13-10-11-16-29(27)25-30/h4-5,7-11,13-16,18-19,25-26,31,33-36,44H,1-2,6,12,17,20-24H2,3H3,(H,41,45)/t26-,31-,33+,34+,35-,36-,40+/m0/s1. The lowest BCUT2D eigenvalue weighted by Crippen LogP contribution is -2.56. The molecule has 3 aromatic carbocycles. The van der Waals surface area contributed by atoms with E-state index in [0.29, 0.717) is 30.5 Å². The van der Waals surface area contributed by atoms with Gasteiger partial charge in [0.1, 0.15) is 17.7 Å². The molecule has 3 aliphatic heterocycles. The van der Waals surface area contributed by atoms with Crippen LogP contribution in [-0.2, 0) is 28.7 Å². The topological polar surface area (TPSA) is 125 Å². The number of likely N-dealkylation sites (tertiary alicyclic amines) is 1. The summed E-state index contributed by atoms with van der Waals surface area (Å²) in [5.74, 6) is -3.39. The van der Waals surface area contributed by atoms with Crippen LogP contribution < -0.4 is 10.2 Å². The Morgan fingerprint density at radius 1 is 1.08 bits per heavy atom. The number of rotatable bonds is 15. The molecular formula is C40H45N3O7. The maximum absolute atomic E-state index is 14.8. The van der Waals surface area contributed by atoms with Gasteiger partial charge in [-0.05, 0) is 61.1 Å². The van der Waals surface area contributed by atoms with Crippen LogP contribution in [0.3, 0.4) is 0 Å².